The zero-order chi connectivity index (χ0) is 51.4. The summed E-state index contributed by atoms with van der Waals surface area (Å²) in [6, 6.07) is 0. The third-order valence-corrected chi connectivity index (χ3v) is 16.8. The summed E-state index contributed by atoms with van der Waals surface area (Å²) in [6.07, 6.45) is 28.9. The zero-order valence-corrected chi connectivity index (χ0v) is 48.6. The van der Waals surface area contributed by atoms with Gasteiger partial charge in [0.1, 0.15) is 0 Å². The van der Waals surface area contributed by atoms with Gasteiger partial charge in [-0.05, 0) is 155 Å². The molecule has 4 aliphatic rings. The molecule has 0 bridgehead atoms. The number of aliphatic hydroxyl groups is 5. The van der Waals surface area contributed by atoms with Crippen LogP contribution in [0.2, 0.25) is 0 Å². The molecular formula is C61H130O8. The van der Waals surface area contributed by atoms with Crippen LogP contribution in [0.4, 0.5) is 0 Å². The van der Waals surface area contributed by atoms with Gasteiger partial charge in [-0.25, -0.2) is 0 Å². The van der Waals surface area contributed by atoms with E-state index in [2.05, 4.69) is 96.9 Å². The minimum atomic E-state index is -0.399. The van der Waals surface area contributed by atoms with Gasteiger partial charge in [-0.2, -0.15) is 0 Å². The van der Waals surface area contributed by atoms with Crippen molar-refractivity contribution < 1.29 is 40.5 Å². The van der Waals surface area contributed by atoms with Gasteiger partial charge >= 0.3 is 0 Å². The molecule has 8 heteroatoms. The van der Waals surface area contributed by atoms with Crippen molar-refractivity contribution in [2.24, 2.45) is 64.6 Å². The number of aliphatic hydroxyl groups excluding tert-OH is 4. The van der Waals surface area contributed by atoms with Gasteiger partial charge in [-0.3, -0.25) is 0 Å². The van der Waals surface area contributed by atoms with Crippen LogP contribution >= 0.6 is 0 Å². The van der Waals surface area contributed by atoms with Gasteiger partial charge in [0.05, 0.1) is 30.5 Å². The van der Waals surface area contributed by atoms with Crippen LogP contribution in [0.15, 0.2) is 0 Å². The molecule has 0 aromatic carbocycles. The van der Waals surface area contributed by atoms with E-state index in [1.165, 1.54) is 122 Å². The van der Waals surface area contributed by atoms with E-state index < -0.39 is 5.60 Å². The topological polar surface area (TPSA) is 151 Å². The molecule has 69 heavy (non-hydrogen) atoms. The fraction of sp³-hybridized carbons (Fsp3) is 1.00. The van der Waals surface area contributed by atoms with Crippen molar-refractivity contribution >= 4 is 0 Å². The molecule has 7 N–H and O–H groups in total. The van der Waals surface area contributed by atoms with E-state index in [0.29, 0.717) is 24.4 Å². The lowest BCUT2D eigenvalue weighted by atomic mass is 9.67. The molecule has 14 unspecified atom stereocenters. The van der Waals surface area contributed by atoms with E-state index in [0.717, 1.165) is 87.4 Å². The Labute approximate surface area is 432 Å². The molecule has 0 heterocycles. The van der Waals surface area contributed by atoms with Crippen molar-refractivity contribution in [2.75, 3.05) is 33.0 Å². The monoisotopic (exact) mass is 991 g/mol. The van der Waals surface area contributed by atoms with Crippen LogP contribution in [0.3, 0.4) is 0 Å². The first-order valence-electron chi connectivity index (χ1n) is 29.2. The first-order chi connectivity index (χ1) is 31.6. The van der Waals surface area contributed by atoms with E-state index in [1.54, 1.807) is 0 Å². The number of ether oxygens (including phenoxy) is 2. The lowest BCUT2D eigenvalue weighted by Gasteiger charge is -2.41. The highest BCUT2D eigenvalue weighted by Gasteiger charge is 2.37. The van der Waals surface area contributed by atoms with Crippen molar-refractivity contribution in [1.29, 1.82) is 0 Å². The fourth-order valence-corrected chi connectivity index (χ4v) is 10.1. The standard InChI is InChI=1S/2C12H24O.2C10H20O.C8H18O2.C8H18O.CH4.H2O/c1-5-9(2)10-6-7-12(3,4)11(13)8-10;1-5-9(2)11-6-7-12(4,13)10(3)8-11;1-3-4-9-5-6-10(11)8(2)7-9;1-3-4-9-6-5-8(2)10(11)7-9;1-3-4-5-10-7-8(2)6-9;1-3-5-7-9-8-6-4-2;;/h2*9-11,13H,5-8H2,1-4H3;2*8-11H,3-7H2,1-2H3;8-9H,3-7H2,1-2H3;3-8H2,1-2H3;1H4;1H2. The largest absolute Gasteiger partial charge is 0.412 e. The maximum atomic E-state index is 10.0. The summed E-state index contributed by atoms with van der Waals surface area (Å²) in [4.78, 5) is 0. The van der Waals surface area contributed by atoms with Gasteiger partial charge in [-0.15, -0.1) is 0 Å². The van der Waals surface area contributed by atoms with Crippen molar-refractivity contribution in [1.82, 2.24) is 0 Å². The predicted molar refractivity (Wildman–Crippen MR) is 301 cm³/mol. The van der Waals surface area contributed by atoms with Crippen molar-refractivity contribution in [3.8, 4) is 0 Å². The van der Waals surface area contributed by atoms with Gasteiger partial charge in [0.2, 0.25) is 0 Å². The molecular weight excluding hydrogens is 861 g/mol. The second kappa shape index (κ2) is 45.1. The lowest BCUT2D eigenvalue weighted by molar-refractivity contribution is -0.0461. The highest BCUT2D eigenvalue weighted by atomic mass is 16.5. The summed E-state index contributed by atoms with van der Waals surface area (Å²) >= 11 is 0. The van der Waals surface area contributed by atoms with Gasteiger partial charge < -0.3 is 40.5 Å². The first kappa shape index (κ1) is 75.2. The van der Waals surface area contributed by atoms with E-state index in [4.69, 9.17) is 14.6 Å². The Kier molecular flexibility index (Phi) is 49.2. The summed E-state index contributed by atoms with van der Waals surface area (Å²) in [5.74, 6) is 6.78. The molecule has 14 atom stereocenters. The number of unbranched alkanes of at least 4 members (excludes halogenated alkanes) is 3. The summed E-state index contributed by atoms with van der Waals surface area (Å²) in [5.41, 5.74) is -0.242. The van der Waals surface area contributed by atoms with Crippen LogP contribution < -0.4 is 0 Å². The highest BCUT2D eigenvalue weighted by molar-refractivity contribution is 4.89. The molecule has 4 fully saturated rings. The van der Waals surface area contributed by atoms with E-state index in [9.17, 15) is 20.4 Å². The highest BCUT2D eigenvalue weighted by Crippen LogP contribution is 2.42. The zero-order valence-electron chi connectivity index (χ0n) is 48.6. The maximum absolute atomic E-state index is 10.0. The summed E-state index contributed by atoms with van der Waals surface area (Å²) in [7, 11) is 0. The molecule has 4 rings (SSSR count). The smallest absolute Gasteiger partial charge is 0.0645 e. The average Bonchev–Trinajstić information content (AvgIpc) is 3.30. The second-order valence-corrected chi connectivity index (χ2v) is 23.7. The Bertz CT molecular complexity index is 998. The lowest BCUT2D eigenvalue weighted by Crippen LogP contribution is -2.39. The molecule has 0 radical (unpaired) electrons. The van der Waals surface area contributed by atoms with E-state index >= 15 is 0 Å². The van der Waals surface area contributed by atoms with Gasteiger partial charge in [0, 0.05) is 32.3 Å². The normalized spacial score (nSPS) is 30.6. The van der Waals surface area contributed by atoms with Gasteiger partial charge in [-0.1, -0.05) is 175 Å². The van der Waals surface area contributed by atoms with E-state index in [-0.39, 0.29) is 49.2 Å². The second-order valence-electron chi connectivity index (χ2n) is 23.7. The van der Waals surface area contributed by atoms with Crippen LogP contribution in [0, 0.1) is 64.6 Å². The van der Waals surface area contributed by atoms with Gasteiger partial charge in [0.25, 0.3) is 0 Å². The number of rotatable bonds is 20. The van der Waals surface area contributed by atoms with Crippen LogP contribution in [0.1, 0.15) is 272 Å². The Morgan fingerprint density at radius 3 is 1.43 bits per heavy atom. The SMILES string of the molecule is C.CCC(C)C1CCC(C)(C)C(O)C1.CCC(C)C1CCC(C)(O)C(C)C1.CCCC1CCC(C)C(O)C1.CCCC1CCC(O)C(C)C1.CCCCOCC(C)CO.CCCCOCCCC.O. The molecule has 0 spiro atoms. The quantitative estimate of drug-likeness (QED) is 0.0762. The van der Waals surface area contributed by atoms with Crippen molar-refractivity contribution in [3.05, 3.63) is 0 Å². The molecule has 0 aromatic rings. The summed E-state index contributed by atoms with van der Waals surface area (Å²) in [6.45, 7) is 38.7. The Morgan fingerprint density at radius 2 is 1.01 bits per heavy atom. The summed E-state index contributed by atoms with van der Waals surface area (Å²) < 4.78 is 10.6. The van der Waals surface area contributed by atoms with Crippen LogP contribution in [0.25, 0.3) is 0 Å². The third-order valence-electron chi connectivity index (χ3n) is 16.8. The van der Waals surface area contributed by atoms with Crippen LogP contribution in [-0.4, -0.2) is 88.0 Å². The Hall–Kier alpha value is -0.320. The van der Waals surface area contributed by atoms with Crippen LogP contribution in [0.5, 0.6) is 0 Å². The van der Waals surface area contributed by atoms with Crippen molar-refractivity contribution in [2.45, 2.75) is 296 Å². The Morgan fingerprint density at radius 1 is 0.551 bits per heavy atom. The predicted octanol–water partition coefficient (Wildman–Crippen LogP) is 15.5. The molecule has 422 valence electrons. The molecule has 0 saturated heterocycles. The summed E-state index contributed by atoms with van der Waals surface area (Å²) in [5, 5.41) is 47.6. The first-order valence-corrected chi connectivity index (χ1v) is 29.2. The maximum Gasteiger partial charge on any atom is 0.0645 e. The minimum absolute atomic E-state index is 0. The fourth-order valence-electron chi connectivity index (χ4n) is 10.1. The molecule has 4 aliphatic carbocycles. The van der Waals surface area contributed by atoms with Crippen LogP contribution in [-0.2, 0) is 9.47 Å². The molecule has 0 aromatic heterocycles. The van der Waals surface area contributed by atoms with Gasteiger partial charge in [0.15, 0.2) is 0 Å². The number of hydrogen-bond donors (Lipinski definition) is 5. The Balaban J connectivity index is -0.000000367. The molecule has 0 amide bonds. The van der Waals surface area contributed by atoms with E-state index in [1.807, 2.05) is 13.8 Å². The molecule has 8 nitrogen and oxygen atoms in total. The average molecular weight is 992 g/mol. The third kappa shape index (κ3) is 36.3. The van der Waals surface area contributed by atoms with Crippen molar-refractivity contribution in [3.63, 3.8) is 0 Å². The number of hydrogen-bond acceptors (Lipinski definition) is 7. The molecule has 4 saturated carbocycles. The minimum Gasteiger partial charge on any atom is -0.412 e. The molecule has 0 aliphatic heterocycles.